The molecule has 2 nitrogen and oxygen atoms in total. The van der Waals surface area contributed by atoms with Crippen molar-refractivity contribution in [3.05, 3.63) is 40.2 Å². The van der Waals surface area contributed by atoms with Crippen LogP contribution in [0.4, 0.5) is 8.78 Å². The summed E-state index contributed by atoms with van der Waals surface area (Å²) in [5.74, 6) is -1.65. The molecule has 1 saturated heterocycles. The van der Waals surface area contributed by atoms with Gasteiger partial charge in [0, 0.05) is 10.9 Å². The normalized spacial score (nSPS) is 16.5. The fraction of sp³-hybridized carbons (Fsp3) is 0.400. The second-order valence-electron chi connectivity index (χ2n) is 5.09. The highest BCUT2D eigenvalue weighted by Gasteiger charge is 2.13. The molecule has 3 rings (SSSR count). The lowest BCUT2D eigenvalue weighted by atomic mass is 10.1. The van der Waals surface area contributed by atoms with Gasteiger partial charge in [0.05, 0.1) is 12.2 Å². The number of likely N-dealkylation sites (tertiary alicyclic amines) is 1. The van der Waals surface area contributed by atoms with E-state index in [-0.39, 0.29) is 0 Å². The highest BCUT2D eigenvalue weighted by atomic mass is 32.1. The number of benzene rings is 1. The van der Waals surface area contributed by atoms with Gasteiger partial charge in [0.2, 0.25) is 0 Å². The molecule has 1 aromatic carbocycles. The zero-order valence-electron chi connectivity index (χ0n) is 11.1. The molecule has 0 atom stereocenters. The van der Waals surface area contributed by atoms with Gasteiger partial charge in [0.1, 0.15) is 5.01 Å². The standard InChI is InChI=1S/C15H16F2N2S/c16-12-5-4-11(8-13(12)17)14-10-20-15(18-14)9-19-6-2-1-3-7-19/h4-5,8,10H,1-3,6-7,9H2. The second-order valence-corrected chi connectivity index (χ2v) is 6.03. The maximum Gasteiger partial charge on any atom is 0.159 e. The molecule has 0 bridgehead atoms. The van der Waals surface area contributed by atoms with Crippen molar-refractivity contribution in [3.8, 4) is 11.3 Å². The number of nitrogens with zero attached hydrogens (tertiary/aromatic N) is 2. The van der Waals surface area contributed by atoms with Crippen LogP contribution in [0.2, 0.25) is 0 Å². The predicted octanol–water partition coefficient (Wildman–Crippen LogP) is 4.07. The Morgan fingerprint density at radius 2 is 1.90 bits per heavy atom. The fourth-order valence-corrected chi connectivity index (χ4v) is 3.32. The Hall–Kier alpha value is -1.33. The number of halogens is 2. The highest BCUT2D eigenvalue weighted by molar-refractivity contribution is 7.09. The lowest BCUT2D eigenvalue weighted by Crippen LogP contribution is -2.28. The van der Waals surface area contributed by atoms with Crippen LogP contribution in [0.5, 0.6) is 0 Å². The maximum atomic E-state index is 13.2. The SMILES string of the molecule is Fc1ccc(-c2csc(CN3CCCCC3)n2)cc1F. The van der Waals surface area contributed by atoms with Crippen LogP contribution in [0.15, 0.2) is 23.6 Å². The zero-order chi connectivity index (χ0) is 13.9. The van der Waals surface area contributed by atoms with Gasteiger partial charge < -0.3 is 0 Å². The van der Waals surface area contributed by atoms with Gasteiger partial charge in [-0.2, -0.15) is 0 Å². The number of rotatable bonds is 3. The molecule has 0 aliphatic carbocycles. The van der Waals surface area contributed by atoms with Crippen molar-refractivity contribution < 1.29 is 8.78 Å². The molecule has 2 heterocycles. The Labute approximate surface area is 121 Å². The number of aromatic nitrogens is 1. The Kier molecular flexibility index (Phi) is 4.08. The molecular weight excluding hydrogens is 278 g/mol. The van der Waals surface area contributed by atoms with E-state index in [0.717, 1.165) is 36.4 Å². The molecule has 1 aromatic heterocycles. The van der Waals surface area contributed by atoms with E-state index in [1.165, 1.54) is 25.3 Å². The van der Waals surface area contributed by atoms with Gasteiger partial charge in [0.25, 0.3) is 0 Å². The summed E-state index contributed by atoms with van der Waals surface area (Å²) < 4.78 is 26.2. The summed E-state index contributed by atoms with van der Waals surface area (Å²) >= 11 is 1.58. The first kappa shape index (κ1) is 13.6. The van der Waals surface area contributed by atoms with Crippen LogP contribution in [-0.4, -0.2) is 23.0 Å². The van der Waals surface area contributed by atoms with Crippen molar-refractivity contribution in [1.82, 2.24) is 9.88 Å². The summed E-state index contributed by atoms with van der Waals surface area (Å²) in [7, 11) is 0. The van der Waals surface area contributed by atoms with E-state index in [2.05, 4.69) is 9.88 Å². The van der Waals surface area contributed by atoms with E-state index in [0.29, 0.717) is 5.56 Å². The van der Waals surface area contributed by atoms with Crippen LogP contribution in [0.25, 0.3) is 11.3 Å². The molecule has 0 saturated carbocycles. The summed E-state index contributed by atoms with van der Waals surface area (Å²) in [6.45, 7) is 3.11. The second kappa shape index (κ2) is 5.97. The largest absolute Gasteiger partial charge is 0.297 e. The number of thiazole rings is 1. The zero-order valence-corrected chi connectivity index (χ0v) is 11.9. The first-order valence-corrected chi connectivity index (χ1v) is 7.72. The quantitative estimate of drug-likeness (QED) is 0.848. The number of hydrogen-bond acceptors (Lipinski definition) is 3. The van der Waals surface area contributed by atoms with Crippen molar-refractivity contribution in [2.75, 3.05) is 13.1 Å². The first-order chi connectivity index (χ1) is 9.72. The van der Waals surface area contributed by atoms with Crippen LogP contribution in [0, 0.1) is 11.6 Å². The minimum Gasteiger partial charge on any atom is -0.297 e. The van der Waals surface area contributed by atoms with Crippen molar-refractivity contribution in [2.24, 2.45) is 0 Å². The minimum atomic E-state index is -0.826. The summed E-state index contributed by atoms with van der Waals surface area (Å²) in [4.78, 5) is 6.93. The van der Waals surface area contributed by atoms with E-state index in [1.54, 1.807) is 17.4 Å². The molecule has 1 aliphatic heterocycles. The summed E-state index contributed by atoms with van der Waals surface area (Å²) in [6, 6.07) is 3.92. The van der Waals surface area contributed by atoms with Gasteiger partial charge in [-0.25, -0.2) is 13.8 Å². The Bertz CT molecular complexity index is 591. The monoisotopic (exact) mass is 294 g/mol. The Morgan fingerprint density at radius 1 is 1.10 bits per heavy atom. The van der Waals surface area contributed by atoms with E-state index in [9.17, 15) is 8.78 Å². The summed E-state index contributed by atoms with van der Waals surface area (Å²) in [5, 5.41) is 2.94. The van der Waals surface area contributed by atoms with Gasteiger partial charge in [-0.15, -0.1) is 11.3 Å². The maximum absolute atomic E-state index is 13.2. The molecule has 2 aromatic rings. The fourth-order valence-electron chi connectivity index (χ4n) is 2.48. The van der Waals surface area contributed by atoms with Crippen molar-refractivity contribution >= 4 is 11.3 Å². The summed E-state index contributed by atoms with van der Waals surface area (Å²) in [6.07, 6.45) is 3.82. The third-order valence-electron chi connectivity index (χ3n) is 3.57. The van der Waals surface area contributed by atoms with Gasteiger partial charge in [-0.05, 0) is 44.1 Å². The van der Waals surface area contributed by atoms with Crippen molar-refractivity contribution in [2.45, 2.75) is 25.8 Å². The molecule has 5 heteroatoms. The van der Waals surface area contributed by atoms with Gasteiger partial charge >= 0.3 is 0 Å². The van der Waals surface area contributed by atoms with E-state index < -0.39 is 11.6 Å². The molecule has 0 unspecified atom stereocenters. The Morgan fingerprint density at radius 3 is 2.65 bits per heavy atom. The molecule has 1 aliphatic rings. The van der Waals surface area contributed by atoms with Crippen LogP contribution in [0.1, 0.15) is 24.3 Å². The molecule has 0 N–H and O–H groups in total. The lowest BCUT2D eigenvalue weighted by molar-refractivity contribution is 0.220. The van der Waals surface area contributed by atoms with Crippen molar-refractivity contribution in [3.63, 3.8) is 0 Å². The Balaban J connectivity index is 1.73. The first-order valence-electron chi connectivity index (χ1n) is 6.84. The molecule has 1 fully saturated rings. The lowest BCUT2D eigenvalue weighted by Gasteiger charge is -2.25. The predicted molar refractivity (Wildman–Crippen MR) is 76.6 cm³/mol. The molecule has 20 heavy (non-hydrogen) atoms. The van der Waals surface area contributed by atoms with Crippen LogP contribution in [-0.2, 0) is 6.54 Å². The average molecular weight is 294 g/mol. The van der Waals surface area contributed by atoms with Gasteiger partial charge in [0.15, 0.2) is 11.6 Å². The van der Waals surface area contributed by atoms with E-state index in [4.69, 9.17) is 0 Å². The van der Waals surface area contributed by atoms with Gasteiger partial charge in [-0.1, -0.05) is 6.42 Å². The van der Waals surface area contributed by atoms with E-state index in [1.807, 2.05) is 5.38 Å². The number of piperidine rings is 1. The smallest absolute Gasteiger partial charge is 0.159 e. The molecule has 0 radical (unpaired) electrons. The topological polar surface area (TPSA) is 16.1 Å². The van der Waals surface area contributed by atoms with Crippen LogP contribution < -0.4 is 0 Å². The average Bonchev–Trinajstić information content (AvgIpc) is 2.91. The molecule has 106 valence electrons. The van der Waals surface area contributed by atoms with Crippen molar-refractivity contribution in [1.29, 1.82) is 0 Å². The third-order valence-corrected chi connectivity index (χ3v) is 4.41. The van der Waals surface area contributed by atoms with Crippen LogP contribution >= 0.6 is 11.3 Å². The summed E-state index contributed by atoms with van der Waals surface area (Å²) in [5.41, 5.74) is 1.35. The molecular formula is C15H16F2N2S. The highest BCUT2D eigenvalue weighted by Crippen LogP contribution is 2.24. The number of hydrogen-bond donors (Lipinski definition) is 0. The van der Waals surface area contributed by atoms with Crippen LogP contribution in [0.3, 0.4) is 0 Å². The third kappa shape index (κ3) is 3.04. The minimum absolute atomic E-state index is 0.630. The molecule has 0 spiro atoms. The van der Waals surface area contributed by atoms with E-state index >= 15 is 0 Å². The molecule has 0 amide bonds. The van der Waals surface area contributed by atoms with Gasteiger partial charge in [-0.3, -0.25) is 4.90 Å².